The molecule has 2 N–H and O–H groups in total. The third kappa shape index (κ3) is 5.83. The second kappa shape index (κ2) is 6.98. The summed E-state index contributed by atoms with van der Waals surface area (Å²) >= 11 is 0. The Hall–Kier alpha value is -1.39. The topological polar surface area (TPSA) is 50.4 Å². The number of benzene rings is 1. The quantitative estimate of drug-likeness (QED) is 0.538. The molecule has 0 bridgehead atoms. The van der Waals surface area contributed by atoms with Crippen LogP contribution in [0.3, 0.4) is 0 Å². The van der Waals surface area contributed by atoms with Crippen molar-refractivity contribution in [2.24, 2.45) is 0 Å². The molecule has 0 saturated carbocycles. The Morgan fingerprint density at radius 1 is 1.33 bits per heavy atom. The number of amides is 1. The molecule has 0 spiro atoms. The summed E-state index contributed by atoms with van der Waals surface area (Å²) in [6.45, 7) is 3.14. The summed E-state index contributed by atoms with van der Waals surface area (Å²) in [6, 6.07) is 9.97. The second-order valence-electron chi connectivity index (χ2n) is 3.14. The minimum absolute atomic E-state index is 0.0401. The minimum Gasteiger partial charge on any atom is -0.354 e. The van der Waals surface area contributed by atoms with Crippen molar-refractivity contribution in [3.8, 4) is 0 Å². The zero-order valence-electron chi connectivity index (χ0n) is 8.82. The number of hydroxylamine groups is 1. The van der Waals surface area contributed by atoms with Crippen molar-refractivity contribution in [2.75, 3.05) is 13.2 Å². The Balaban J connectivity index is 2.00. The van der Waals surface area contributed by atoms with Crippen LogP contribution in [0.5, 0.6) is 0 Å². The number of hydrogen-bond donors (Lipinski definition) is 2. The molecule has 82 valence electrons. The van der Waals surface area contributed by atoms with Gasteiger partial charge in [0.1, 0.15) is 0 Å². The highest BCUT2D eigenvalue weighted by Crippen LogP contribution is 1.96. The van der Waals surface area contributed by atoms with E-state index in [0.717, 1.165) is 5.56 Å². The van der Waals surface area contributed by atoms with Gasteiger partial charge in [-0.1, -0.05) is 30.3 Å². The highest BCUT2D eigenvalue weighted by atomic mass is 16.6. The van der Waals surface area contributed by atoms with E-state index in [-0.39, 0.29) is 5.91 Å². The summed E-state index contributed by atoms with van der Waals surface area (Å²) in [5, 5.41) is 2.64. The van der Waals surface area contributed by atoms with Crippen LogP contribution < -0.4 is 10.8 Å². The number of carbonyl (C=O) groups excluding carboxylic acids is 1. The Morgan fingerprint density at radius 2 is 2.07 bits per heavy atom. The SMILES string of the molecule is CC(=O)NCCONCc1ccccc1. The molecule has 4 nitrogen and oxygen atoms in total. The fraction of sp³-hybridized carbons (Fsp3) is 0.364. The van der Waals surface area contributed by atoms with Crippen LogP contribution >= 0.6 is 0 Å². The first kappa shape index (κ1) is 11.7. The zero-order chi connectivity index (χ0) is 10.9. The van der Waals surface area contributed by atoms with E-state index >= 15 is 0 Å². The van der Waals surface area contributed by atoms with Crippen LogP contribution in [-0.2, 0) is 16.2 Å². The fourth-order valence-electron chi connectivity index (χ4n) is 1.08. The first-order chi connectivity index (χ1) is 7.29. The molecule has 15 heavy (non-hydrogen) atoms. The maximum atomic E-state index is 10.5. The van der Waals surface area contributed by atoms with Gasteiger partial charge in [0.05, 0.1) is 6.61 Å². The van der Waals surface area contributed by atoms with E-state index in [4.69, 9.17) is 4.84 Å². The van der Waals surface area contributed by atoms with Gasteiger partial charge < -0.3 is 5.32 Å². The van der Waals surface area contributed by atoms with E-state index in [2.05, 4.69) is 10.8 Å². The molecule has 0 radical (unpaired) electrons. The van der Waals surface area contributed by atoms with Crippen LogP contribution in [-0.4, -0.2) is 19.1 Å². The molecule has 1 rings (SSSR count). The van der Waals surface area contributed by atoms with E-state index in [1.54, 1.807) is 0 Å². The third-order valence-corrected chi connectivity index (χ3v) is 1.80. The molecule has 0 unspecified atom stereocenters. The average Bonchev–Trinajstić information content (AvgIpc) is 2.24. The highest BCUT2D eigenvalue weighted by molar-refractivity contribution is 5.72. The van der Waals surface area contributed by atoms with E-state index in [1.165, 1.54) is 6.92 Å². The number of carbonyl (C=O) groups is 1. The van der Waals surface area contributed by atoms with Crippen molar-refractivity contribution in [2.45, 2.75) is 13.5 Å². The van der Waals surface area contributed by atoms with Crippen LogP contribution in [0.2, 0.25) is 0 Å². The van der Waals surface area contributed by atoms with Crippen LogP contribution in [0, 0.1) is 0 Å². The molecule has 1 aromatic carbocycles. The zero-order valence-corrected chi connectivity index (χ0v) is 8.82. The number of hydrogen-bond acceptors (Lipinski definition) is 3. The molecular weight excluding hydrogens is 192 g/mol. The lowest BCUT2D eigenvalue weighted by atomic mass is 10.2. The van der Waals surface area contributed by atoms with Gasteiger partial charge in [-0.25, -0.2) is 0 Å². The maximum absolute atomic E-state index is 10.5. The van der Waals surface area contributed by atoms with Gasteiger partial charge in [-0.15, -0.1) is 0 Å². The Labute approximate surface area is 89.6 Å². The highest BCUT2D eigenvalue weighted by Gasteiger charge is 1.92. The van der Waals surface area contributed by atoms with Crippen molar-refractivity contribution in [1.82, 2.24) is 10.8 Å². The second-order valence-corrected chi connectivity index (χ2v) is 3.14. The van der Waals surface area contributed by atoms with Gasteiger partial charge in [-0.3, -0.25) is 9.63 Å². The Kier molecular flexibility index (Phi) is 5.43. The van der Waals surface area contributed by atoms with Gasteiger partial charge in [0.15, 0.2) is 0 Å². The molecule has 0 fully saturated rings. The smallest absolute Gasteiger partial charge is 0.216 e. The molecule has 1 amide bonds. The van der Waals surface area contributed by atoms with Gasteiger partial charge in [0.2, 0.25) is 5.91 Å². The largest absolute Gasteiger partial charge is 0.354 e. The first-order valence-corrected chi connectivity index (χ1v) is 4.92. The van der Waals surface area contributed by atoms with Gasteiger partial charge >= 0.3 is 0 Å². The standard InChI is InChI=1S/C11H16N2O2/c1-10(14)12-7-8-15-13-9-11-5-3-2-4-6-11/h2-6,13H,7-9H2,1H3,(H,12,14). The van der Waals surface area contributed by atoms with Gasteiger partial charge in [0, 0.05) is 20.0 Å². The number of nitrogens with one attached hydrogen (secondary N) is 2. The summed E-state index contributed by atoms with van der Waals surface area (Å²) in [4.78, 5) is 15.6. The van der Waals surface area contributed by atoms with Crippen molar-refractivity contribution in [3.63, 3.8) is 0 Å². The van der Waals surface area contributed by atoms with Crippen LogP contribution in [0.25, 0.3) is 0 Å². The molecule has 0 saturated heterocycles. The van der Waals surface area contributed by atoms with Gasteiger partial charge in [0.25, 0.3) is 0 Å². The summed E-state index contributed by atoms with van der Waals surface area (Å²) in [7, 11) is 0. The third-order valence-electron chi connectivity index (χ3n) is 1.80. The van der Waals surface area contributed by atoms with Crippen molar-refractivity contribution in [3.05, 3.63) is 35.9 Å². The lowest BCUT2D eigenvalue weighted by molar-refractivity contribution is -0.119. The predicted molar refractivity (Wildman–Crippen MR) is 57.9 cm³/mol. The summed E-state index contributed by atoms with van der Waals surface area (Å²) in [6.07, 6.45) is 0. The maximum Gasteiger partial charge on any atom is 0.216 e. The lowest BCUT2D eigenvalue weighted by Gasteiger charge is -2.05. The molecule has 1 aromatic rings. The van der Waals surface area contributed by atoms with Crippen molar-refractivity contribution < 1.29 is 9.63 Å². The Bertz CT molecular complexity index is 288. The van der Waals surface area contributed by atoms with Gasteiger partial charge in [-0.2, -0.15) is 5.48 Å². The fourth-order valence-corrected chi connectivity index (χ4v) is 1.08. The Morgan fingerprint density at radius 3 is 2.73 bits per heavy atom. The van der Waals surface area contributed by atoms with Crippen molar-refractivity contribution in [1.29, 1.82) is 0 Å². The molecule has 0 aromatic heterocycles. The minimum atomic E-state index is -0.0401. The molecular formula is C11H16N2O2. The molecule has 0 atom stereocenters. The summed E-state index contributed by atoms with van der Waals surface area (Å²) in [5.74, 6) is -0.0401. The van der Waals surface area contributed by atoms with Crippen LogP contribution in [0.15, 0.2) is 30.3 Å². The molecule has 0 aliphatic rings. The summed E-state index contributed by atoms with van der Waals surface area (Å²) < 4.78 is 0. The molecule has 0 aliphatic heterocycles. The van der Waals surface area contributed by atoms with E-state index in [0.29, 0.717) is 19.7 Å². The number of rotatable bonds is 6. The molecule has 0 aliphatic carbocycles. The average molecular weight is 208 g/mol. The lowest BCUT2D eigenvalue weighted by Crippen LogP contribution is -2.27. The molecule has 4 heteroatoms. The monoisotopic (exact) mass is 208 g/mol. The normalized spacial score (nSPS) is 9.93. The first-order valence-electron chi connectivity index (χ1n) is 4.92. The predicted octanol–water partition coefficient (Wildman–Crippen LogP) is 0.844. The van der Waals surface area contributed by atoms with Crippen molar-refractivity contribution >= 4 is 5.91 Å². The summed E-state index contributed by atoms with van der Waals surface area (Å²) in [5.41, 5.74) is 3.99. The van der Waals surface area contributed by atoms with Gasteiger partial charge in [-0.05, 0) is 5.56 Å². The van der Waals surface area contributed by atoms with E-state index in [1.807, 2.05) is 30.3 Å². The van der Waals surface area contributed by atoms with E-state index < -0.39 is 0 Å². The van der Waals surface area contributed by atoms with Crippen LogP contribution in [0.1, 0.15) is 12.5 Å². The van der Waals surface area contributed by atoms with Crippen LogP contribution in [0.4, 0.5) is 0 Å². The molecule has 0 heterocycles. The van der Waals surface area contributed by atoms with E-state index in [9.17, 15) is 4.79 Å².